The van der Waals surface area contributed by atoms with Gasteiger partial charge < -0.3 is 20.5 Å². The van der Waals surface area contributed by atoms with Crippen molar-refractivity contribution in [3.05, 3.63) is 11.8 Å². The third kappa shape index (κ3) is 5.95. The number of aliphatic imine (C=N–C) groups is 1. The molecule has 1 amide bonds. The van der Waals surface area contributed by atoms with Crippen LogP contribution in [0.3, 0.4) is 0 Å². The lowest BCUT2D eigenvalue weighted by Crippen LogP contribution is -2.39. The van der Waals surface area contributed by atoms with Crippen LogP contribution < -0.4 is 11.1 Å². The van der Waals surface area contributed by atoms with E-state index in [4.69, 9.17) is 15.2 Å². The highest BCUT2D eigenvalue weighted by molar-refractivity contribution is 5.94. The molecule has 0 aromatic heterocycles. The van der Waals surface area contributed by atoms with Gasteiger partial charge in [0.15, 0.2) is 0 Å². The van der Waals surface area contributed by atoms with Gasteiger partial charge in [0, 0.05) is 24.2 Å². The number of amides is 1. The van der Waals surface area contributed by atoms with Crippen LogP contribution in [0.25, 0.3) is 0 Å². The van der Waals surface area contributed by atoms with Crippen LogP contribution >= 0.6 is 0 Å². The maximum absolute atomic E-state index is 11.6. The van der Waals surface area contributed by atoms with E-state index in [0.29, 0.717) is 25.6 Å². The molecule has 1 unspecified atom stereocenters. The summed E-state index contributed by atoms with van der Waals surface area (Å²) in [7, 11) is 0. The van der Waals surface area contributed by atoms with Gasteiger partial charge in [0.2, 0.25) is 5.90 Å². The molecule has 6 heteroatoms. The smallest absolute Gasteiger partial charge is 0.407 e. The number of alkyl carbamates (subject to hydrolysis) is 1. The highest BCUT2D eigenvalue weighted by Crippen LogP contribution is 2.27. The number of nitrogens with zero attached hydrogens (tertiary/aromatic N) is 1. The number of carbonyl (C=O) groups excluding carboxylic acids is 1. The lowest BCUT2D eigenvalue weighted by Gasteiger charge is -2.28. The molecule has 0 radical (unpaired) electrons. The molecule has 22 heavy (non-hydrogen) atoms. The summed E-state index contributed by atoms with van der Waals surface area (Å²) in [6, 6.07) is 0. The molecule has 0 spiro atoms. The van der Waals surface area contributed by atoms with Crippen LogP contribution in [0.4, 0.5) is 4.79 Å². The standard InChI is InChI=1S/C16H29N3O3/c1-15(2,3)12(7-17)13-18-8-11(10-21-13)9-19-14(20)22-16(4,5)6/h7,11H,8-10,17H2,1-6H3,(H,19,20)/b12-7+. The Morgan fingerprint density at radius 1 is 1.41 bits per heavy atom. The third-order valence-electron chi connectivity index (χ3n) is 3.09. The van der Waals surface area contributed by atoms with Gasteiger partial charge in [-0.2, -0.15) is 0 Å². The zero-order valence-electron chi connectivity index (χ0n) is 14.5. The minimum absolute atomic E-state index is 0.116. The number of hydrogen-bond acceptors (Lipinski definition) is 5. The van der Waals surface area contributed by atoms with Crippen LogP contribution in [0.5, 0.6) is 0 Å². The number of rotatable bonds is 3. The Labute approximate surface area is 133 Å². The van der Waals surface area contributed by atoms with Crippen molar-refractivity contribution in [3.63, 3.8) is 0 Å². The van der Waals surface area contributed by atoms with E-state index < -0.39 is 11.7 Å². The van der Waals surface area contributed by atoms with Crippen LogP contribution in [0.2, 0.25) is 0 Å². The van der Waals surface area contributed by atoms with Gasteiger partial charge in [-0.05, 0) is 26.2 Å². The van der Waals surface area contributed by atoms with E-state index in [1.165, 1.54) is 0 Å². The minimum atomic E-state index is -0.494. The van der Waals surface area contributed by atoms with Crippen LogP contribution in [0.15, 0.2) is 16.8 Å². The van der Waals surface area contributed by atoms with Crippen molar-refractivity contribution >= 4 is 12.0 Å². The Bertz CT molecular complexity index is 456. The van der Waals surface area contributed by atoms with Crippen molar-refractivity contribution in [1.29, 1.82) is 0 Å². The molecule has 0 saturated heterocycles. The van der Waals surface area contributed by atoms with Gasteiger partial charge in [-0.1, -0.05) is 20.8 Å². The molecule has 6 nitrogen and oxygen atoms in total. The first-order valence-corrected chi connectivity index (χ1v) is 7.60. The molecule has 0 aromatic rings. The van der Waals surface area contributed by atoms with Crippen LogP contribution in [0, 0.1) is 11.3 Å². The molecular formula is C16H29N3O3. The zero-order valence-corrected chi connectivity index (χ0v) is 14.5. The maximum atomic E-state index is 11.6. The molecule has 1 aliphatic rings. The summed E-state index contributed by atoms with van der Waals surface area (Å²) in [6.45, 7) is 13.3. The van der Waals surface area contributed by atoms with Gasteiger partial charge in [-0.3, -0.25) is 4.99 Å². The normalized spacial score (nSPS) is 20.0. The molecular weight excluding hydrogens is 282 g/mol. The summed E-state index contributed by atoms with van der Waals surface area (Å²) in [6.07, 6.45) is 1.14. The second-order valence-electron chi connectivity index (χ2n) is 7.54. The topological polar surface area (TPSA) is 85.9 Å². The fraction of sp³-hybridized carbons (Fsp3) is 0.750. The second kappa shape index (κ2) is 7.03. The molecule has 1 atom stereocenters. The molecule has 3 N–H and O–H groups in total. The van der Waals surface area contributed by atoms with Gasteiger partial charge in [-0.25, -0.2) is 4.79 Å². The van der Waals surface area contributed by atoms with Gasteiger partial charge in [0.1, 0.15) is 5.60 Å². The summed E-state index contributed by atoms with van der Waals surface area (Å²) in [5, 5.41) is 2.75. The van der Waals surface area contributed by atoms with Crippen molar-refractivity contribution in [2.45, 2.75) is 47.1 Å². The van der Waals surface area contributed by atoms with Crippen molar-refractivity contribution in [3.8, 4) is 0 Å². The van der Waals surface area contributed by atoms with E-state index in [0.717, 1.165) is 5.57 Å². The average molecular weight is 311 g/mol. The van der Waals surface area contributed by atoms with Crippen molar-refractivity contribution in [1.82, 2.24) is 5.32 Å². The fourth-order valence-corrected chi connectivity index (χ4v) is 1.98. The SMILES string of the molecule is CC(C)(C)OC(=O)NCC1CN=C(/C(=C\N)C(C)(C)C)OC1. The van der Waals surface area contributed by atoms with Crippen molar-refractivity contribution < 1.29 is 14.3 Å². The van der Waals surface area contributed by atoms with E-state index in [9.17, 15) is 4.79 Å². The Morgan fingerprint density at radius 2 is 2.05 bits per heavy atom. The average Bonchev–Trinajstić information content (AvgIpc) is 2.35. The minimum Gasteiger partial charge on any atom is -0.477 e. The number of nitrogens with two attached hydrogens (primary N) is 1. The van der Waals surface area contributed by atoms with Crippen LogP contribution in [0.1, 0.15) is 41.5 Å². The van der Waals surface area contributed by atoms with Gasteiger partial charge in [0.05, 0.1) is 13.2 Å². The molecule has 1 rings (SSSR count). The van der Waals surface area contributed by atoms with Crippen LogP contribution in [-0.2, 0) is 9.47 Å². The van der Waals surface area contributed by atoms with E-state index in [2.05, 4.69) is 31.1 Å². The first-order valence-electron chi connectivity index (χ1n) is 7.60. The zero-order chi connectivity index (χ0) is 17.0. The summed E-state index contributed by atoms with van der Waals surface area (Å²) in [5.41, 5.74) is 5.97. The van der Waals surface area contributed by atoms with E-state index >= 15 is 0 Å². The largest absolute Gasteiger partial charge is 0.477 e. The molecule has 0 fully saturated rings. The Kier molecular flexibility index (Phi) is 5.85. The summed E-state index contributed by atoms with van der Waals surface area (Å²) in [4.78, 5) is 16.1. The molecule has 126 valence electrons. The summed E-state index contributed by atoms with van der Waals surface area (Å²) in [5.74, 6) is 0.735. The number of nitrogens with one attached hydrogen (secondary N) is 1. The lowest BCUT2D eigenvalue weighted by molar-refractivity contribution is 0.0512. The van der Waals surface area contributed by atoms with Crippen molar-refractivity contribution in [2.24, 2.45) is 22.1 Å². The van der Waals surface area contributed by atoms with Gasteiger partial charge in [-0.15, -0.1) is 0 Å². The molecule has 0 bridgehead atoms. The molecule has 0 aromatic carbocycles. The predicted molar refractivity (Wildman–Crippen MR) is 87.7 cm³/mol. The maximum Gasteiger partial charge on any atom is 0.407 e. The number of ether oxygens (including phenoxy) is 2. The second-order valence-corrected chi connectivity index (χ2v) is 7.54. The van der Waals surface area contributed by atoms with Crippen LogP contribution in [-0.4, -0.2) is 37.3 Å². The lowest BCUT2D eigenvalue weighted by atomic mass is 9.86. The highest BCUT2D eigenvalue weighted by Gasteiger charge is 2.27. The molecule has 1 heterocycles. The van der Waals surface area contributed by atoms with E-state index in [1.807, 2.05) is 20.8 Å². The quantitative estimate of drug-likeness (QED) is 0.838. The summed E-state index contributed by atoms with van der Waals surface area (Å²) < 4.78 is 10.9. The monoisotopic (exact) mass is 311 g/mol. The molecule has 0 saturated carbocycles. The summed E-state index contributed by atoms with van der Waals surface area (Å²) >= 11 is 0. The fourth-order valence-electron chi connectivity index (χ4n) is 1.98. The third-order valence-corrected chi connectivity index (χ3v) is 3.09. The first kappa shape index (κ1) is 18.3. The Morgan fingerprint density at radius 3 is 2.45 bits per heavy atom. The predicted octanol–water partition coefficient (Wildman–Crippen LogP) is 2.44. The highest BCUT2D eigenvalue weighted by atomic mass is 16.6. The van der Waals surface area contributed by atoms with Gasteiger partial charge in [0.25, 0.3) is 0 Å². The van der Waals surface area contributed by atoms with Crippen molar-refractivity contribution in [2.75, 3.05) is 19.7 Å². The molecule has 0 aliphatic carbocycles. The van der Waals surface area contributed by atoms with E-state index in [1.54, 1.807) is 6.20 Å². The van der Waals surface area contributed by atoms with Gasteiger partial charge >= 0.3 is 6.09 Å². The first-order chi connectivity index (χ1) is 10.0. The molecule has 1 aliphatic heterocycles. The number of carbonyl (C=O) groups is 1. The Hall–Kier alpha value is -1.72. The number of hydrogen-bond donors (Lipinski definition) is 2. The Balaban J connectivity index is 2.50. The van der Waals surface area contributed by atoms with E-state index in [-0.39, 0.29) is 11.3 Å².